The Labute approximate surface area is 73.5 Å². The number of hydrogen-bond donors (Lipinski definition) is 1. The molecule has 12 heavy (non-hydrogen) atoms. The minimum absolute atomic E-state index is 0.00782. The van der Waals surface area contributed by atoms with Crippen LogP contribution >= 0.6 is 11.6 Å². The van der Waals surface area contributed by atoms with E-state index in [4.69, 9.17) is 21.4 Å². The quantitative estimate of drug-likeness (QED) is 0.667. The molecule has 2 rings (SSSR count). The SMILES string of the molecule is O=C1COc2cc(O)cc(Cl)c21. The van der Waals surface area contributed by atoms with Crippen molar-refractivity contribution in [3.8, 4) is 11.5 Å². The molecule has 1 N–H and O–H groups in total. The molecular formula is C8H5ClO3. The smallest absolute Gasteiger partial charge is 0.205 e. The molecule has 1 aliphatic heterocycles. The zero-order valence-corrected chi connectivity index (χ0v) is 6.76. The summed E-state index contributed by atoms with van der Waals surface area (Å²) in [5.41, 5.74) is 0.370. The third kappa shape index (κ3) is 0.940. The normalized spacial score (nSPS) is 14.2. The number of hydrogen-bond acceptors (Lipinski definition) is 3. The predicted octanol–water partition coefficient (Wildman–Crippen LogP) is 1.62. The van der Waals surface area contributed by atoms with E-state index in [1.54, 1.807) is 0 Å². The second-order valence-electron chi connectivity index (χ2n) is 2.51. The Morgan fingerprint density at radius 3 is 3.00 bits per heavy atom. The van der Waals surface area contributed by atoms with Gasteiger partial charge in [-0.05, 0) is 6.07 Å². The fraction of sp³-hybridized carbons (Fsp3) is 0.125. The molecular weight excluding hydrogens is 180 g/mol. The highest BCUT2D eigenvalue weighted by Crippen LogP contribution is 2.35. The maximum absolute atomic E-state index is 11.1. The first-order valence-corrected chi connectivity index (χ1v) is 3.75. The minimum Gasteiger partial charge on any atom is -0.508 e. The molecule has 0 spiro atoms. The summed E-state index contributed by atoms with van der Waals surface area (Å²) in [6.07, 6.45) is 0. The van der Waals surface area contributed by atoms with Crippen LogP contribution in [0.15, 0.2) is 12.1 Å². The van der Waals surface area contributed by atoms with E-state index in [9.17, 15) is 4.79 Å². The number of benzene rings is 1. The van der Waals surface area contributed by atoms with Crippen molar-refractivity contribution in [2.75, 3.05) is 6.61 Å². The number of carbonyl (C=O) groups excluding carboxylic acids is 1. The van der Waals surface area contributed by atoms with Crippen LogP contribution in [0.1, 0.15) is 10.4 Å². The highest BCUT2D eigenvalue weighted by atomic mass is 35.5. The summed E-state index contributed by atoms with van der Waals surface area (Å²) in [6, 6.07) is 2.71. The number of fused-ring (bicyclic) bond motifs is 1. The van der Waals surface area contributed by atoms with Gasteiger partial charge in [-0.1, -0.05) is 11.6 Å². The number of Topliss-reactive ketones (excluding diaryl/α,β-unsaturated/α-hetero) is 1. The highest BCUT2D eigenvalue weighted by Gasteiger charge is 2.24. The average Bonchev–Trinajstić information content (AvgIpc) is 2.31. The number of ketones is 1. The lowest BCUT2D eigenvalue weighted by atomic mass is 10.1. The van der Waals surface area contributed by atoms with Gasteiger partial charge in [0.15, 0.2) is 6.61 Å². The topological polar surface area (TPSA) is 46.5 Å². The van der Waals surface area contributed by atoms with E-state index in [0.29, 0.717) is 11.3 Å². The predicted molar refractivity (Wildman–Crippen MR) is 42.9 cm³/mol. The summed E-state index contributed by atoms with van der Waals surface area (Å²) in [5.74, 6) is 0.230. The van der Waals surface area contributed by atoms with Gasteiger partial charge in [-0.3, -0.25) is 4.79 Å². The third-order valence-corrected chi connectivity index (χ3v) is 1.97. The van der Waals surface area contributed by atoms with Crippen molar-refractivity contribution in [3.05, 3.63) is 22.7 Å². The maximum Gasteiger partial charge on any atom is 0.205 e. The maximum atomic E-state index is 11.1. The summed E-state index contributed by atoms with van der Waals surface area (Å²) >= 11 is 5.71. The molecule has 1 aromatic carbocycles. The first kappa shape index (κ1) is 7.43. The molecule has 0 amide bonds. The molecule has 1 aliphatic rings. The number of aromatic hydroxyl groups is 1. The molecule has 1 aromatic rings. The van der Waals surface area contributed by atoms with Gasteiger partial charge in [0, 0.05) is 6.07 Å². The van der Waals surface area contributed by atoms with Gasteiger partial charge in [-0.15, -0.1) is 0 Å². The molecule has 62 valence electrons. The summed E-state index contributed by atoms with van der Waals surface area (Å²) in [6.45, 7) is 0.0124. The molecule has 0 saturated heterocycles. The van der Waals surface area contributed by atoms with Crippen LogP contribution in [0, 0.1) is 0 Å². The van der Waals surface area contributed by atoms with Crippen LogP contribution in [-0.2, 0) is 0 Å². The van der Waals surface area contributed by atoms with Gasteiger partial charge in [-0.25, -0.2) is 0 Å². The number of phenolic OH excluding ortho intramolecular Hbond substituents is 1. The summed E-state index contributed by atoms with van der Waals surface area (Å²) in [4.78, 5) is 11.1. The number of halogens is 1. The van der Waals surface area contributed by atoms with Crippen molar-refractivity contribution >= 4 is 17.4 Å². The first-order chi connectivity index (χ1) is 5.68. The van der Waals surface area contributed by atoms with Crippen LogP contribution in [-0.4, -0.2) is 17.5 Å². The Hall–Kier alpha value is -1.22. The molecule has 0 radical (unpaired) electrons. The molecule has 4 heteroatoms. The summed E-state index contributed by atoms with van der Waals surface area (Å²) in [5, 5.41) is 9.33. The van der Waals surface area contributed by atoms with Gasteiger partial charge in [0.2, 0.25) is 5.78 Å². The van der Waals surface area contributed by atoms with Gasteiger partial charge in [0.05, 0.1) is 10.6 Å². The van der Waals surface area contributed by atoms with Gasteiger partial charge in [0.1, 0.15) is 11.5 Å². The van der Waals surface area contributed by atoms with E-state index in [2.05, 4.69) is 0 Å². The zero-order valence-electron chi connectivity index (χ0n) is 6.00. The van der Waals surface area contributed by atoms with Crippen LogP contribution in [0.5, 0.6) is 11.5 Å². The van der Waals surface area contributed by atoms with Crippen LogP contribution < -0.4 is 4.74 Å². The Bertz CT molecular complexity index is 360. The summed E-state index contributed by atoms with van der Waals surface area (Å²) in [7, 11) is 0. The van der Waals surface area contributed by atoms with Crippen LogP contribution in [0.4, 0.5) is 0 Å². The zero-order chi connectivity index (χ0) is 8.72. The van der Waals surface area contributed by atoms with E-state index in [-0.39, 0.29) is 23.2 Å². The lowest BCUT2D eigenvalue weighted by molar-refractivity contribution is 0.0961. The molecule has 0 aromatic heterocycles. The molecule has 1 heterocycles. The number of carbonyl (C=O) groups is 1. The van der Waals surface area contributed by atoms with Gasteiger partial charge in [-0.2, -0.15) is 0 Å². The van der Waals surface area contributed by atoms with Crippen LogP contribution in [0.2, 0.25) is 5.02 Å². The van der Waals surface area contributed by atoms with Crippen molar-refractivity contribution in [2.45, 2.75) is 0 Å². The lowest BCUT2D eigenvalue weighted by Gasteiger charge is -1.99. The van der Waals surface area contributed by atoms with Gasteiger partial charge < -0.3 is 9.84 Å². The van der Waals surface area contributed by atoms with Crippen molar-refractivity contribution in [1.29, 1.82) is 0 Å². The number of ether oxygens (including phenoxy) is 1. The second-order valence-corrected chi connectivity index (χ2v) is 2.92. The van der Waals surface area contributed by atoms with Gasteiger partial charge in [0.25, 0.3) is 0 Å². The largest absolute Gasteiger partial charge is 0.508 e. The molecule has 3 nitrogen and oxygen atoms in total. The molecule has 0 aliphatic carbocycles. The molecule has 0 atom stereocenters. The number of phenols is 1. The van der Waals surface area contributed by atoms with E-state index in [1.807, 2.05) is 0 Å². The van der Waals surface area contributed by atoms with Crippen LogP contribution in [0.25, 0.3) is 0 Å². The summed E-state index contributed by atoms with van der Waals surface area (Å²) < 4.78 is 4.98. The van der Waals surface area contributed by atoms with Gasteiger partial charge >= 0.3 is 0 Å². The Kier molecular flexibility index (Phi) is 1.48. The molecule has 0 fully saturated rings. The van der Waals surface area contributed by atoms with Crippen molar-refractivity contribution in [1.82, 2.24) is 0 Å². The van der Waals surface area contributed by atoms with Crippen molar-refractivity contribution in [2.24, 2.45) is 0 Å². The van der Waals surface area contributed by atoms with E-state index in [1.165, 1.54) is 12.1 Å². The lowest BCUT2D eigenvalue weighted by Crippen LogP contribution is -1.99. The monoisotopic (exact) mass is 184 g/mol. The molecule has 0 saturated carbocycles. The second kappa shape index (κ2) is 2.38. The Morgan fingerprint density at radius 2 is 2.25 bits per heavy atom. The Balaban J connectivity index is 2.68. The van der Waals surface area contributed by atoms with Crippen molar-refractivity contribution < 1.29 is 14.6 Å². The van der Waals surface area contributed by atoms with E-state index < -0.39 is 0 Å². The molecule has 0 unspecified atom stereocenters. The van der Waals surface area contributed by atoms with Crippen LogP contribution in [0.3, 0.4) is 0 Å². The fourth-order valence-corrected chi connectivity index (χ4v) is 1.48. The van der Waals surface area contributed by atoms with E-state index >= 15 is 0 Å². The highest BCUT2D eigenvalue weighted by molar-refractivity contribution is 6.35. The third-order valence-electron chi connectivity index (χ3n) is 1.68. The van der Waals surface area contributed by atoms with Crippen molar-refractivity contribution in [3.63, 3.8) is 0 Å². The minimum atomic E-state index is -0.144. The van der Waals surface area contributed by atoms with E-state index in [0.717, 1.165) is 0 Å². The average molecular weight is 185 g/mol. The standard InChI is InChI=1S/C8H5ClO3/c9-5-1-4(10)2-7-8(5)6(11)3-12-7/h1-2,10H,3H2. The molecule has 0 bridgehead atoms. The Morgan fingerprint density at radius 1 is 1.50 bits per heavy atom. The number of rotatable bonds is 0. The first-order valence-electron chi connectivity index (χ1n) is 3.37. The fourth-order valence-electron chi connectivity index (χ4n) is 1.17.